The quantitative estimate of drug-likeness (QED) is 0.396. The molecule has 5 nitrogen and oxygen atoms in total. The molecular weight excluding hydrogens is 206 g/mol. The summed E-state index contributed by atoms with van der Waals surface area (Å²) in [6.07, 6.45) is 0.637. The average molecular weight is 219 g/mol. The molecule has 0 aliphatic carbocycles. The lowest BCUT2D eigenvalue weighted by atomic mass is 10.3. The van der Waals surface area contributed by atoms with Crippen molar-refractivity contribution in [2.24, 2.45) is 5.73 Å². The van der Waals surface area contributed by atoms with E-state index in [-0.39, 0.29) is 5.90 Å². The topological polar surface area (TPSA) is 94.3 Å². The first kappa shape index (κ1) is 10.4. The molecular formula is C11H13N3O2. The van der Waals surface area contributed by atoms with E-state index < -0.39 is 0 Å². The molecule has 0 atom stereocenters. The molecule has 1 aliphatic heterocycles. The van der Waals surface area contributed by atoms with E-state index in [0.29, 0.717) is 35.9 Å². The molecule has 84 valence electrons. The van der Waals surface area contributed by atoms with E-state index in [9.17, 15) is 0 Å². The molecule has 0 radical (unpaired) electrons. The number of nitrogens with two attached hydrogens (primary N) is 2. The van der Waals surface area contributed by atoms with Crippen LogP contribution < -0.4 is 16.2 Å². The van der Waals surface area contributed by atoms with E-state index in [2.05, 4.69) is 0 Å². The van der Waals surface area contributed by atoms with Crippen molar-refractivity contribution in [3.05, 3.63) is 35.7 Å². The third-order valence-electron chi connectivity index (χ3n) is 2.19. The van der Waals surface area contributed by atoms with Crippen molar-refractivity contribution in [3.63, 3.8) is 0 Å². The van der Waals surface area contributed by atoms with Crippen LogP contribution in [0.5, 0.6) is 5.75 Å². The van der Waals surface area contributed by atoms with E-state index in [1.54, 1.807) is 24.3 Å². The number of nitrogen functional groups attached to an aromatic ring is 1. The molecule has 5 N–H and O–H groups in total. The van der Waals surface area contributed by atoms with Gasteiger partial charge in [0.2, 0.25) is 0 Å². The summed E-state index contributed by atoms with van der Waals surface area (Å²) >= 11 is 0. The van der Waals surface area contributed by atoms with Crippen LogP contribution in [0.3, 0.4) is 0 Å². The van der Waals surface area contributed by atoms with E-state index >= 15 is 0 Å². The highest BCUT2D eigenvalue weighted by Gasteiger charge is 2.19. The molecule has 0 saturated carbocycles. The van der Waals surface area contributed by atoms with Crippen LogP contribution in [0.2, 0.25) is 0 Å². The first-order valence-corrected chi connectivity index (χ1v) is 4.90. The van der Waals surface area contributed by atoms with Gasteiger partial charge in [-0.25, -0.2) is 0 Å². The molecule has 1 aromatic rings. The SMILES string of the molecule is N=C(Oc1cccc(N)c1)C1=C(N)CCO1. The molecule has 2 rings (SSSR count). The van der Waals surface area contributed by atoms with Gasteiger partial charge >= 0.3 is 0 Å². The maximum atomic E-state index is 7.70. The van der Waals surface area contributed by atoms with Crippen LogP contribution in [0.4, 0.5) is 5.69 Å². The van der Waals surface area contributed by atoms with Crippen molar-refractivity contribution in [2.75, 3.05) is 12.3 Å². The van der Waals surface area contributed by atoms with Crippen LogP contribution in [-0.2, 0) is 4.74 Å². The predicted molar refractivity (Wildman–Crippen MR) is 61.0 cm³/mol. The van der Waals surface area contributed by atoms with Crippen LogP contribution >= 0.6 is 0 Å². The summed E-state index contributed by atoms with van der Waals surface area (Å²) in [7, 11) is 0. The standard InChI is InChI=1S/C11H13N3O2/c12-7-2-1-3-8(6-7)16-11(14)10-9(13)4-5-15-10/h1-3,6,14H,4-5,12-13H2. The molecule has 5 heteroatoms. The fraction of sp³-hybridized carbons (Fsp3) is 0.182. The zero-order valence-electron chi connectivity index (χ0n) is 8.69. The molecule has 1 aromatic carbocycles. The van der Waals surface area contributed by atoms with Crippen molar-refractivity contribution >= 4 is 11.6 Å². The third kappa shape index (κ3) is 2.08. The summed E-state index contributed by atoms with van der Waals surface area (Å²) in [6.45, 7) is 0.504. The smallest absolute Gasteiger partial charge is 0.256 e. The van der Waals surface area contributed by atoms with E-state index in [0.717, 1.165) is 0 Å². The first-order valence-electron chi connectivity index (χ1n) is 4.90. The van der Waals surface area contributed by atoms with Crippen molar-refractivity contribution in [2.45, 2.75) is 6.42 Å². The molecule has 0 fully saturated rings. The lowest BCUT2D eigenvalue weighted by Crippen LogP contribution is -2.13. The second-order valence-electron chi connectivity index (χ2n) is 3.46. The molecule has 0 aromatic heterocycles. The second kappa shape index (κ2) is 4.14. The van der Waals surface area contributed by atoms with Gasteiger partial charge in [0.1, 0.15) is 5.75 Å². The Morgan fingerprint density at radius 2 is 2.19 bits per heavy atom. The van der Waals surface area contributed by atoms with Gasteiger partial charge in [0.25, 0.3) is 5.90 Å². The van der Waals surface area contributed by atoms with Gasteiger partial charge in [0.05, 0.1) is 12.3 Å². The van der Waals surface area contributed by atoms with Crippen LogP contribution in [0.15, 0.2) is 35.7 Å². The highest BCUT2D eigenvalue weighted by atomic mass is 16.5. The van der Waals surface area contributed by atoms with Gasteiger partial charge in [-0.3, -0.25) is 5.41 Å². The third-order valence-corrected chi connectivity index (χ3v) is 2.19. The Kier molecular flexibility index (Phi) is 2.68. The fourth-order valence-electron chi connectivity index (χ4n) is 1.42. The van der Waals surface area contributed by atoms with E-state index in [1.165, 1.54) is 0 Å². The Labute approximate surface area is 93.2 Å². The summed E-state index contributed by atoms with van der Waals surface area (Å²) in [5.41, 5.74) is 12.4. The fourth-order valence-corrected chi connectivity index (χ4v) is 1.42. The van der Waals surface area contributed by atoms with Crippen LogP contribution in [0.1, 0.15) is 6.42 Å². The van der Waals surface area contributed by atoms with Crippen LogP contribution in [-0.4, -0.2) is 12.5 Å². The number of rotatable bonds is 2. The van der Waals surface area contributed by atoms with Gasteiger partial charge in [0, 0.05) is 18.2 Å². The molecule has 0 spiro atoms. The normalized spacial score (nSPS) is 14.8. The summed E-state index contributed by atoms with van der Waals surface area (Å²) in [4.78, 5) is 0. The maximum absolute atomic E-state index is 7.70. The molecule has 0 bridgehead atoms. The molecule has 1 aliphatic rings. The van der Waals surface area contributed by atoms with Gasteiger partial charge in [0.15, 0.2) is 5.76 Å². The van der Waals surface area contributed by atoms with Gasteiger partial charge in [-0.1, -0.05) is 6.07 Å². The van der Waals surface area contributed by atoms with Crippen molar-refractivity contribution in [1.82, 2.24) is 0 Å². The maximum Gasteiger partial charge on any atom is 0.256 e. The Hall–Kier alpha value is -2.17. The average Bonchev–Trinajstić information content (AvgIpc) is 2.64. The van der Waals surface area contributed by atoms with Gasteiger partial charge < -0.3 is 20.9 Å². The Morgan fingerprint density at radius 3 is 2.81 bits per heavy atom. The number of hydrogen-bond donors (Lipinski definition) is 3. The first-order chi connectivity index (χ1) is 7.66. The minimum Gasteiger partial charge on any atom is -0.486 e. The lowest BCUT2D eigenvalue weighted by Gasteiger charge is -2.08. The minimum atomic E-state index is -0.0828. The number of nitrogens with one attached hydrogen (secondary N) is 1. The molecule has 0 saturated heterocycles. The van der Waals surface area contributed by atoms with E-state index in [4.69, 9.17) is 26.4 Å². The number of benzene rings is 1. The van der Waals surface area contributed by atoms with Crippen molar-refractivity contribution < 1.29 is 9.47 Å². The summed E-state index contributed by atoms with van der Waals surface area (Å²) in [6, 6.07) is 6.86. The summed E-state index contributed by atoms with van der Waals surface area (Å²) in [5.74, 6) is 0.740. The van der Waals surface area contributed by atoms with Crippen LogP contribution in [0, 0.1) is 5.41 Å². The number of ether oxygens (including phenoxy) is 2. The van der Waals surface area contributed by atoms with E-state index in [1.807, 2.05) is 0 Å². The Balaban J connectivity index is 2.11. The highest BCUT2D eigenvalue weighted by Crippen LogP contribution is 2.20. The number of hydrogen-bond acceptors (Lipinski definition) is 5. The van der Waals surface area contributed by atoms with Gasteiger partial charge in [-0.15, -0.1) is 0 Å². The Bertz CT molecular complexity index is 454. The Morgan fingerprint density at radius 1 is 1.38 bits per heavy atom. The molecule has 16 heavy (non-hydrogen) atoms. The summed E-state index contributed by atoms with van der Waals surface area (Å²) in [5, 5.41) is 7.70. The largest absolute Gasteiger partial charge is 0.486 e. The highest BCUT2D eigenvalue weighted by molar-refractivity contribution is 5.91. The van der Waals surface area contributed by atoms with Crippen molar-refractivity contribution in [3.8, 4) is 5.75 Å². The van der Waals surface area contributed by atoms with Gasteiger partial charge in [-0.2, -0.15) is 0 Å². The number of anilines is 1. The van der Waals surface area contributed by atoms with Crippen LogP contribution in [0.25, 0.3) is 0 Å². The zero-order valence-corrected chi connectivity index (χ0v) is 8.69. The monoisotopic (exact) mass is 219 g/mol. The van der Waals surface area contributed by atoms with Gasteiger partial charge in [-0.05, 0) is 12.1 Å². The lowest BCUT2D eigenvalue weighted by molar-refractivity contribution is 0.254. The summed E-state index contributed by atoms with van der Waals surface area (Å²) < 4.78 is 10.5. The molecule has 1 heterocycles. The second-order valence-corrected chi connectivity index (χ2v) is 3.46. The zero-order chi connectivity index (χ0) is 11.5. The molecule has 0 unspecified atom stereocenters. The predicted octanol–water partition coefficient (Wildman–Crippen LogP) is 1.22. The minimum absolute atomic E-state index is 0.0828. The van der Waals surface area contributed by atoms with Crippen molar-refractivity contribution in [1.29, 1.82) is 5.41 Å². The molecule has 0 amide bonds.